The van der Waals surface area contributed by atoms with E-state index in [0.717, 1.165) is 17.7 Å². The molecule has 0 radical (unpaired) electrons. The molecule has 3 rings (SSSR count). The molecule has 136 valence electrons. The molecule has 1 amide bonds. The normalized spacial score (nSPS) is 17.5. The van der Waals surface area contributed by atoms with Crippen molar-refractivity contribution >= 4 is 23.5 Å². The summed E-state index contributed by atoms with van der Waals surface area (Å²) in [5.74, 6) is -1.31. The van der Waals surface area contributed by atoms with Crippen LogP contribution in [0.4, 0.5) is 0 Å². The first kappa shape index (κ1) is 18.4. The van der Waals surface area contributed by atoms with Gasteiger partial charge in [0.25, 0.3) is 0 Å². The van der Waals surface area contributed by atoms with Crippen molar-refractivity contribution in [2.45, 2.75) is 31.5 Å². The first-order valence-electron chi connectivity index (χ1n) is 8.48. The highest BCUT2D eigenvalue weighted by Crippen LogP contribution is 2.34. The van der Waals surface area contributed by atoms with Crippen molar-refractivity contribution < 1.29 is 14.7 Å². The minimum atomic E-state index is -1.05. The Morgan fingerprint density at radius 3 is 2.62 bits per heavy atom. The van der Waals surface area contributed by atoms with E-state index in [2.05, 4.69) is 16.3 Å². The predicted molar refractivity (Wildman–Crippen MR) is 100.0 cm³/mol. The Kier molecular flexibility index (Phi) is 5.59. The van der Waals surface area contributed by atoms with E-state index >= 15 is 0 Å². The third-order valence-corrected chi connectivity index (χ3v) is 4.98. The van der Waals surface area contributed by atoms with Crippen LogP contribution in [0.15, 0.2) is 48.5 Å². The minimum Gasteiger partial charge on any atom is -0.480 e. The Balaban J connectivity index is 1.65. The van der Waals surface area contributed by atoms with E-state index in [1.165, 1.54) is 5.56 Å². The SMILES string of the molecule is CN1Cc2ccccc2C1CC(=O)NC(Cc1ccc(Cl)cc1)C(=O)O. The average molecular weight is 373 g/mol. The maximum atomic E-state index is 12.5. The molecule has 2 aromatic carbocycles. The number of hydrogen-bond acceptors (Lipinski definition) is 3. The molecular weight excluding hydrogens is 352 g/mol. The lowest BCUT2D eigenvalue weighted by atomic mass is 10.0. The summed E-state index contributed by atoms with van der Waals surface area (Å²) in [6.07, 6.45) is 0.452. The van der Waals surface area contributed by atoms with Gasteiger partial charge in [0.05, 0.1) is 0 Å². The van der Waals surface area contributed by atoms with Gasteiger partial charge in [-0.3, -0.25) is 9.69 Å². The number of nitrogens with zero attached hydrogens (tertiary/aromatic N) is 1. The fraction of sp³-hybridized carbons (Fsp3) is 0.300. The van der Waals surface area contributed by atoms with E-state index in [1.807, 2.05) is 25.2 Å². The topological polar surface area (TPSA) is 69.6 Å². The van der Waals surface area contributed by atoms with E-state index in [1.54, 1.807) is 24.3 Å². The molecule has 0 bridgehead atoms. The minimum absolute atomic E-state index is 0.0313. The monoisotopic (exact) mass is 372 g/mol. The highest BCUT2D eigenvalue weighted by atomic mass is 35.5. The summed E-state index contributed by atoms with van der Waals surface area (Å²) in [7, 11) is 1.97. The van der Waals surface area contributed by atoms with Gasteiger partial charge in [-0.15, -0.1) is 0 Å². The fourth-order valence-electron chi connectivity index (χ4n) is 3.37. The molecule has 0 aromatic heterocycles. The van der Waals surface area contributed by atoms with E-state index < -0.39 is 12.0 Å². The van der Waals surface area contributed by atoms with Crippen LogP contribution in [-0.4, -0.2) is 35.0 Å². The van der Waals surface area contributed by atoms with Crippen LogP contribution >= 0.6 is 11.6 Å². The Labute approximate surface area is 157 Å². The number of fused-ring (bicyclic) bond motifs is 1. The zero-order valence-corrected chi connectivity index (χ0v) is 15.2. The molecule has 26 heavy (non-hydrogen) atoms. The van der Waals surface area contributed by atoms with Crippen molar-refractivity contribution in [3.05, 3.63) is 70.2 Å². The molecule has 0 spiro atoms. The largest absolute Gasteiger partial charge is 0.480 e. The van der Waals surface area contributed by atoms with Gasteiger partial charge in [-0.05, 0) is 35.9 Å². The molecule has 2 atom stereocenters. The van der Waals surface area contributed by atoms with E-state index in [9.17, 15) is 14.7 Å². The second kappa shape index (κ2) is 7.89. The van der Waals surface area contributed by atoms with Crippen LogP contribution < -0.4 is 5.32 Å². The molecule has 0 saturated carbocycles. The summed E-state index contributed by atoms with van der Waals surface area (Å²) in [6, 6.07) is 14.0. The molecule has 1 aliphatic heterocycles. The van der Waals surface area contributed by atoms with Crippen molar-refractivity contribution in [2.24, 2.45) is 0 Å². The summed E-state index contributed by atoms with van der Waals surface area (Å²) < 4.78 is 0. The van der Waals surface area contributed by atoms with Gasteiger partial charge < -0.3 is 10.4 Å². The molecule has 0 aliphatic carbocycles. The first-order valence-corrected chi connectivity index (χ1v) is 8.86. The Morgan fingerprint density at radius 2 is 1.92 bits per heavy atom. The van der Waals surface area contributed by atoms with Gasteiger partial charge in [-0.25, -0.2) is 4.79 Å². The lowest BCUT2D eigenvalue weighted by molar-refractivity contribution is -0.142. The van der Waals surface area contributed by atoms with E-state index in [-0.39, 0.29) is 24.8 Å². The second-order valence-corrected chi connectivity index (χ2v) is 7.06. The van der Waals surface area contributed by atoms with Crippen LogP contribution in [-0.2, 0) is 22.6 Å². The standard InChI is InChI=1S/C20H21ClN2O3/c1-23-12-14-4-2-3-5-16(14)18(23)11-19(24)22-17(20(25)26)10-13-6-8-15(21)9-7-13/h2-9,17-18H,10-12H2,1H3,(H,22,24)(H,25,26). The maximum Gasteiger partial charge on any atom is 0.326 e. The van der Waals surface area contributed by atoms with Crippen LogP contribution in [0.25, 0.3) is 0 Å². The molecule has 0 fully saturated rings. The number of aliphatic carboxylic acids is 1. The number of carbonyl (C=O) groups excluding carboxylic acids is 1. The number of carboxylic acid groups (broad SMARTS) is 1. The average Bonchev–Trinajstić information content (AvgIpc) is 2.92. The Bertz CT molecular complexity index is 807. The van der Waals surface area contributed by atoms with Crippen molar-refractivity contribution in [1.29, 1.82) is 0 Å². The summed E-state index contributed by atoms with van der Waals surface area (Å²) in [5.41, 5.74) is 3.16. The highest BCUT2D eigenvalue weighted by Gasteiger charge is 2.30. The van der Waals surface area contributed by atoms with Crippen LogP contribution in [0.5, 0.6) is 0 Å². The molecule has 1 aliphatic rings. The zero-order valence-electron chi connectivity index (χ0n) is 14.5. The summed E-state index contributed by atoms with van der Waals surface area (Å²) in [6.45, 7) is 0.793. The third kappa shape index (κ3) is 4.23. The number of benzene rings is 2. The highest BCUT2D eigenvalue weighted by molar-refractivity contribution is 6.30. The maximum absolute atomic E-state index is 12.5. The lowest BCUT2D eigenvalue weighted by Crippen LogP contribution is -2.43. The molecule has 0 saturated heterocycles. The summed E-state index contributed by atoms with van der Waals surface area (Å²) in [5, 5.41) is 12.7. The Hall–Kier alpha value is -2.37. The van der Waals surface area contributed by atoms with Crippen molar-refractivity contribution in [2.75, 3.05) is 7.05 Å². The van der Waals surface area contributed by atoms with E-state index in [0.29, 0.717) is 5.02 Å². The zero-order chi connectivity index (χ0) is 18.7. The molecule has 5 nitrogen and oxygen atoms in total. The van der Waals surface area contributed by atoms with Crippen molar-refractivity contribution in [1.82, 2.24) is 10.2 Å². The van der Waals surface area contributed by atoms with Crippen LogP contribution in [0.3, 0.4) is 0 Å². The number of hydrogen-bond donors (Lipinski definition) is 2. The fourth-order valence-corrected chi connectivity index (χ4v) is 3.50. The number of halogens is 1. The summed E-state index contributed by atoms with van der Waals surface area (Å²) in [4.78, 5) is 26.2. The molecule has 2 N–H and O–H groups in total. The Morgan fingerprint density at radius 1 is 1.23 bits per heavy atom. The van der Waals surface area contributed by atoms with Crippen molar-refractivity contribution in [3.63, 3.8) is 0 Å². The second-order valence-electron chi connectivity index (χ2n) is 6.62. The molecule has 1 heterocycles. The third-order valence-electron chi connectivity index (χ3n) is 4.73. The number of rotatable bonds is 6. The number of carboxylic acids is 1. The van der Waals surface area contributed by atoms with Gasteiger partial charge in [0.2, 0.25) is 5.91 Å². The molecule has 2 unspecified atom stereocenters. The molecule has 6 heteroatoms. The van der Waals surface area contributed by atoms with Crippen LogP contribution in [0, 0.1) is 0 Å². The number of carbonyl (C=O) groups is 2. The van der Waals surface area contributed by atoms with Gasteiger partial charge >= 0.3 is 5.97 Å². The smallest absolute Gasteiger partial charge is 0.326 e. The lowest BCUT2D eigenvalue weighted by Gasteiger charge is -2.21. The first-order chi connectivity index (χ1) is 12.4. The van der Waals surface area contributed by atoms with Crippen LogP contribution in [0.1, 0.15) is 29.2 Å². The van der Waals surface area contributed by atoms with Gasteiger partial charge in [0.1, 0.15) is 6.04 Å². The molecular formula is C20H21ClN2O3. The quantitative estimate of drug-likeness (QED) is 0.817. The molecule has 2 aromatic rings. The number of nitrogens with one attached hydrogen (secondary N) is 1. The van der Waals surface area contributed by atoms with E-state index in [4.69, 9.17) is 11.6 Å². The van der Waals surface area contributed by atoms with Gasteiger partial charge in [0, 0.05) is 30.5 Å². The predicted octanol–water partition coefficient (Wildman–Crippen LogP) is 3.03. The van der Waals surface area contributed by atoms with Crippen LogP contribution in [0.2, 0.25) is 5.02 Å². The van der Waals surface area contributed by atoms with Crippen molar-refractivity contribution in [3.8, 4) is 0 Å². The van der Waals surface area contributed by atoms with Gasteiger partial charge in [0.15, 0.2) is 0 Å². The number of amides is 1. The summed E-state index contributed by atoms with van der Waals surface area (Å²) >= 11 is 5.85. The van der Waals surface area contributed by atoms with Gasteiger partial charge in [-0.1, -0.05) is 48.0 Å². The van der Waals surface area contributed by atoms with Gasteiger partial charge in [-0.2, -0.15) is 0 Å².